The predicted molar refractivity (Wildman–Crippen MR) is 101 cm³/mol. The highest BCUT2D eigenvalue weighted by molar-refractivity contribution is 7.67. The van der Waals surface area contributed by atoms with E-state index in [1.165, 1.54) is 27.6 Å². The maximum Gasteiger partial charge on any atom is 0.0939 e. The van der Waals surface area contributed by atoms with Crippen LogP contribution in [0.2, 0.25) is 0 Å². The summed E-state index contributed by atoms with van der Waals surface area (Å²) >= 11 is 0. The molecule has 0 bridgehead atoms. The topological polar surface area (TPSA) is 19.4 Å². The van der Waals surface area contributed by atoms with Crippen LogP contribution in [0.4, 0.5) is 11.4 Å². The van der Waals surface area contributed by atoms with Crippen LogP contribution >= 0.6 is 8.07 Å². The Morgan fingerprint density at radius 2 is 1.87 bits per heavy atom. The van der Waals surface area contributed by atoms with E-state index in [4.69, 9.17) is 0 Å². The Morgan fingerprint density at radius 1 is 1.04 bits per heavy atom. The van der Waals surface area contributed by atoms with Crippen LogP contribution in [0.5, 0.6) is 0 Å². The lowest BCUT2D eigenvalue weighted by atomic mass is 10.2. The van der Waals surface area contributed by atoms with Crippen molar-refractivity contribution in [2.24, 2.45) is 0 Å². The first kappa shape index (κ1) is 14.5. The fourth-order valence-corrected chi connectivity index (χ4v) is 5.34. The van der Waals surface area contributed by atoms with Gasteiger partial charge in [-0.05, 0) is 37.9 Å². The molecule has 3 nitrogen and oxygen atoms in total. The van der Waals surface area contributed by atoms with Crippen LogP contribution in [-0.4, -0.2) is 25.4 Å². The number of rotatable bonds is 1. The number of pyridine rings is 1. The van der Waals surface area contributed by atoms with Crippen LogP contribution in [-0.2, 0) is 0 Å². The summed E-state index contributed by atoms with van der Waals surface area (Å²) in [5.41, 5.74) is 5.00. The van der Waals surface area contributed by atoms with E-state index in [1.807, 2.05) is 12.3 Å². The van der Waals surface area contributed by atoms with Crippen LogP contribution in [0, 0.1) is 6.92 Å². The number of aryl methyl sites for hydroxylation is 1. The van der Waals surface area contributed by atoms with E-state index in [-0.39, 0.29) is 0 Å². The summed E-state index contributed by atoms with van der Waals surface area (Å²) in [6.07, 6.45) is 1.88. The first-order valence-corrected chi connectivity index (χ1v) is 9.56. The number of hydrogen-bond donors (Lipinski definition) is 0. The highest BCUT2D eigenvalue weighted by Crippen LogP contribution is 2.46. The summed E-state index contributed by atoms with van der Waals surface area (Å²) in [6, 6.07) is 17.4. The summed E-state index contributed by atoms with van der Waals surface area (Å²) < 4.78 is 2.51. The fourth-order valence-electron chi connectivity index (χ4n) is 3.25. The van der Waals surface area contributed by atoms with Gasteiger partial charge in [-0.1, -0.05) is 29.8 Å². The third-order valence-corrected chi connectivity index (χ3v) is 6.61. The van der Waals surface area contributed by atoms with Crippen molar-refractivity contribution in [1.82, 2.24) is 4.98 Å². The fraction of sp³-hybridized carbons (Fsp3) is 0.211. The number of aromatic nitrogens is 1. The molecule has 1 aromatic heterocycles. The molecule has 1 aliphatic heterocycles. The lowest BCUT2D eigenvalue weighted by Gasteiger charge is -2.42. The molecule has 0 amide bonds. The van der Waals surface area contributed by atoms with E-state index in [0.29, 0.717) is 0 Å². The number of anilines is 2. The van der Waals surface area contributed by atoms with Crippen molar-refractivity contribution in [3.8, 4) is 0 Å². The largest absolute Gasteiger partial charge is 0.356 e. The molecular formula is C19H20N3P. The van der Waals surface area contributed by atoms with Gasteiger partial charge >= 0.3 is 0 Å². The molecule has 0 N–H and O–H groups in total. The van der Waals surface area contributed by atoms with Crippen molar-refractivity contribution in [2.45, 2.75) is 6.92 Å². The molecule has 2 heterocycles. The van der Waals surface area contributed by atoms with Gasteiger partial charge in [-0.25, -0.2) is 0 Å². The highest BCUT2D eigenvalue weighted by Gasteiger charge is 2.28. The minimum absolute atomic E-state index is 0.412. The van der Waals surface area contributed by atoms with E-state index < -0.39 is 8.07 Å². The first-order valence-electron chi connectivity index (χ1n) is 7.82. The summed E-state index contributed by atoms with van der Waals surface area (Å²) in [4.78, 5) is 6.97. The molecule has 1 aliphatic rings. The first-order chi connectivity index (χ1) is 11.1. The van der Waals surface area contributed by atoms with Gasteiger partial charge < -0.3 is 9.57 Å². The Hall–Kier alpha value is -2.12. The average Bonchev–Trinajstić information content (AvgIpc) is 2.57. The number of nitrogens with zero attached hydrogens (tertiary/aromatic N) is 3. The van der Waals surface area contributed by atoms with Crippen LogP contribution in [0.3, 0.4) is 0 Å². The summed E-state index contributed by atoms with van der Waals surface area (Å²) in [5, 5.41) is 2.65. The molecule has 0 spiro atoms. The molecule has 116 valence electrons. The Bertz CT molecular complexity index is 872. The van der Waals surface area contributed by atoms with Crippen LogP contribution in [0.1, 0.15) is 5.56 Å². The SMILES string of the molecule is Cc1ccc2c(c1)P(C)N(c1cccc3cccnc13)CN2C. The van der Waals surface area contributed by atoms with Gasteiger partial charge in [0.2, 0.25) is 0 Å². The Balaban J connectivity index is 1.86. The predicted octanol–water partition coefficient (Wildman–Crippen LogP) is 4.11. The third kappa shape index (κ3) is 2.36. The minimum Gasteiger partial charge on any atom is -0.356 e. The molecule has 3 aromatic rings. The quantitative estimate of drug-likeness (QED) is 0.629. The molecule has 23 heavy (non-hydrogen) atoms. The van der Waals surface area contributed by atoms with Crippen molar-refractivity contribution in [3.63, 3.8) is 0 Å². The van der Waals surface area contributed by atoms with Crippen LogP contribution < -0.4 is 14.9 Å². The second-order valence-corrected chi connectivity index (χ2v) is 8.12. The summed E-state index contributed by atoms with van der Waals surface area (Å²) in [5.74, 6) is 0. The molecule has 0 saturated carbocycles. The number of benzene rings is 2. The van der Waals surface area contributed by atoms with Gasteiger partial charge in [-0.3, -0.25) is 4.98 Å². The second-order valence-electron chi connectivity index (χ2n) is 6.11. The zero-order valence-corrected chi connectivity index (χ0v) is 14.6. The van der Waals surface area contributed by atoms with Crippen LogP contribution in [0.15, 0.2) is 54.7 Å². The molecule has 2 aromatic carbocycles. The second kappa shape index (κ2) is 5.50. The Labute approximate surface area is 138 Å². The molecule has 0 fully saturated rings. The molecule has 0 saturated heterocycles. The maximum absolute atomic E-state index is 4.64. The van der Waals surface area contributed by atoms with Gasteiger partial charge in [0.15, 0.2) is 0 Å². The van der Waals surface area contributed by atoms with Gasteiger partial charge in [0.05, 0.1) is 17.9 Å². The zero-order valence-electron chi connectivity index (χ0n) is 13.7. The van der Waals surface area contributed by atoms with Crippen molar-refractivity contribution in [3.05, 3.63) is 60.3 Å². The average molecular weight is 321 g/mol. The van der Waals surface area contributed by atoms with Crippen molar-refractivity contribution >= 4 is 35.7 Å². The van der Waals surface area contributed by atoms with E-state index in [2.05, 4.69) is 77.7 Å². The molecular weight excluding hydrogens is 301 g/mol. The standard InChI is InChI=1S/C19H20N3P/c1-14-9-10-16-18(12-14)23(3)22(13-21(16)2)17-8-4-6-15-7-5-11-20-19(15)17/h4-12H,13H2,1-3H3. The smallest absolute Gasteiger partial charge is 0.0939 e. The Kier molecular flexibility index (Phi) is 3.46. The monoisotopic (exact) mass is 321 g/mol. The molecule has 0 aliphatic carbocycles. The summed E-state index contributed by atoms with van der Waals surface area (Å²) in [7, 11) is 1.76. The molecule has 4 rings (SSSR count). The van der Waals surface area contributed by atoms with Gasteiger partial charge in [-0.15, -0.1) is 0 Å². The number of hydrogen-bond acceptors (Lipinski definition) is 3. The number of para-hydroxylation sites is 1. The highest BCUT2D eigenvalue weighted by atomic mass is 31.1. The van der Waals surface area contributed by atoms with E-state index in [9.17, 15) is 0 Å². The maximum atomic E-state index is 4.64. The van der Waals surface area contributed by atoms with E-state index in [1.54, 1.807) is 0 Å². The van der Waals surface area contributed by atoms with Crippen molar-refractivity contribution in [1.29, 1.82) is 0 Å². The zero-order chi connectivity index (χ0) is 16.0. The number of fused-ring (bicyclic) bond motifs is 2. The third-order valence-electron chi connectivity index (χ3n) is 4.49. The van der Waals surface area contributed by atoms with E-state index >= 15 is 0 Å². The van der Waals surface area contributed by atoms with Gasteiger partial charge in [0.1, 0.15) is 0 Å². The van der Waals surface area contributed by atoms with Crippen LogP contribution in [0.25, 0.3) is 10.9 Å². The molecule has 4 heteroatoms. The van der Waals surface area contributed by atoms with Crippen molar-refractivity contribution < 1.29 is 0 Å². The molecule has 0 radical (unpaired) electrons. The molecule has 1 atom stereocenters. The minimum atomic E-state index is -0.412. The van der Waals surface area contributed by atoms with Crippen molar-refractivity contribution in [2.75, 3.05) is 30.0 Å². The van der Waals surface area contributed by atoms with Gasteiger partial charge in [-0.2, -0.15) is 0 Å². The van der Waals surface area contributed by atoms with Gasteiger partial charge in [0.25, 0.3) is 0 Å². The Morgan fingerprint density at radius 3 is 2.74 bits per heavy atom. The lowest BCUT2D eigenvalue weighted by molar-refractivity contribution is 0.919. The molecule has 1 unspecified atom stereocenters. The van der Waals surface area contributed by atoms with E-state index in [0.717, 1.165) is 12.2 Å². The lowest BCUT2D eigenvalue weighted by Crippen LogP contribution is -2.41. The summed E-state index contributed by atoms with van der Waals surface area (Å²) in [6.45, 7) is 5.41. The van der Waals surface area contributed by atoms with Gasteiger partial charge in [0, 0.05) is 37.7 Å². The normalized spacial score (nSPS) is 17.4.